The van der Waals surface area contributed by atoms with E-state index in [1.165, 1.54) is 7.11 Å². The molecule has 1 aliphatic heterocycles. The lowest BCUT2D eigenvalue weighted by molar-refractivity contribution is -0.138. The SMILES string of the molecule is CCN1C(c2ccc(Cl)c(Cl)c2)=C(C(=O)OC)C(=O)C(Br)(I)C1C. The van der Waals surface area contributed by atoms with E-state index in [4.69, 9.17) is 27.9 Å². The third-order valence-corrected chi connectivity index (χ3v) is 7.12. The van der Waals surface area contributed by atoms with Crippen LogP contribution in [0.5, 0.6) is 0 Å². The van der Waals surface area contributed by atoms with Crippen LogP contribution in [0.2, 0.25) is 10.0 Å². The lowest BCUT2D eigenvalue weighted by Gasteiger charge is -2.43. The van der Waals surface area contributed by atoms with Crippen molar-refractivity contribution in [2.45, 2.75) is 22.2 Å². The predicted octanol–water partition coefficient (Wildman–Crippen LogP) is 4.70. The van der Waals surface area contributed by atoms with Crippen LogP contribution in [0.4, 0.5) is 0 Å². The van der Waals surface area contributed by atoms with Crippen molar-refractivity contribution in [3.05, 3.63) is 39.4 Å². The van der Waals surface area contributed by atoms with Crippen LogP contribution < -0.4 is 0 Å². The second-order valence-corrected chi connectivity index (χ2v) is 10.5. The van der Waals surface area contributed by atoms with Gasteiger partial charge in [0.05, 0.1) is 28.9 Å². The second kappa shape index (κ2) is 7.51. The number of hydrogen-bond donors (Lipinski definition) is 0. The number of ether oxygens (including phenoxy) is 1. The molecule has 4 nitrogen and oxygen atoms in total. The van der Waals surface area contributed by atoms with Crippen LogP contribution in [0.1, 0.15) is 19.4 Å². The summed E-state index contributed by atoms with van der Waals surface area (Å²) < 4.78 is 3.93. The van der Waals surface area contributed by atoms with E-state index in [0.717, 1.165) is 0 Å². The molecular weight excluding hydrogens is 532 g/mol. The van der Waals surface area contributed by atoms with Crippen LogP contribution in [-0.4, -0.2) is 38.7 Å². The molecule has 1 heterocycles. The molecule has 1 aromatic carbocycles. The van der Waals surface area contributed by atoms with Gasteiger partial charge in [0.25, 0.3) is 0 Å². The topological polar surface area (TPSA) is 46.6 Å². The summed E-state index contributed by atoms with van der Waals surface area (Å²) in [6.07, 6.45) is 0. The van der Waals surface area contributed by atoms with E-state index in [0.29, 0.717) is 27.9 Å². The molecule has 24 heavy (non-hydrogen) atoms. The Morgan fingerprint density at radius 1 is 1.42 bits per heavy atom. The van der Waals surface area contributed by atoms with Crippen molar-refractivity contribution in [2.75, 3.05) is 13.7 Å². The summed E-state index contributed by atoms with van der Waals surface area (Å²) >= 11 is 17.6. The van der Waals surface area contributed by atoms with Gasteiger partial charge in [-0.15, -0.1) is 0 Å². The van der Waals surface area contributed by atoms with E-state index in [-0.39, 0.29) is 17.4 Å². The average molecular weight is 547 g/mol. The fraction of sp³-hybridized carbons (Fsp3) is 0.375. The maximum Gasteiger partial charge on any atom is 0.343 e. The zero-order valence-corrected chi connectivity index (χ0v) is 18.5. The fourth-order valence-corrected chi connectivity index (χ4v) is 4.02. The molecule has 0 saturated heterocycles. The molecule has 0 fully saturated rings. The summed E-state index contributed by atoms with van der Waals surface area (Å²) in [7, 11) is 1.26. The highest BCUT2D eigenvalue weighted by molar-refractivity contribution is 14.1. The molecule has 0 spiro atoms. The van der Waals surface area contributed by atoms with Crippen LogP contribution >= 0.6 is 61.7 Å². The molecule has 0 N–H and O–H groups in total. The largest absolute Gasteiger partial charge is 0.465 e. The first kappa shape index (κ1) is 20.0. The minimum absolute atomic E-state index is 0.00196. The van der Waals surface area contributed by atoms with Crippen molar-refractivity contribution < 1.29 is 14.3 Å². The minimum Gasteiger partial charge on any atom is -0.465 e. The Morgan fingerprint density at radius 3 is 2.54 bits per heavy atom. The molecule has 8 heteroatoms. The standard InChI is InChI=1S/C16H15BrCl2INO3/c1-4-21-8(2)16(17,20)14(22)12(15(23)24-3)13(21)9-5-6-10(18)11(19)7-9/h5-8H,4H2,1-3H3. The molecule has 2 rings (SSSR count). The lowest BCUT2D eigenvalue weighted by atomic mass is 9.91. The summed E-state index contributed by atoms with van der Waals surface area (Å²) in [5, 5.41) is 0.759. The van der Waals surface area contributed by atoms with Crippen molar-refractivity contribution in [3.8, 4) is 0 Å². The van der Waals surface area contributed by atoms with E-state index in [1.54, 1.807) is 18.2 Å². The lowest BCUT2D eigenvalue weighted by Crippen LogP contribution is -2.53. The molecule has 0 radical (unpaired) electrons. The molecule has 0 saturated carbocycles. The van der Waals surface area contributed by atoms with Crippen LogP contribution in [-0.2, 0) is 14.3 Å². The van der Waals surface area contributed by atoms with Gasteiger partial charge in [-0.2, -0.15) is 0 Å². The minimum atomic E-state index is -0.927. The molecule has 1 aromatic rings. The van der Waals surface area contributed by atoms with Gasteiger partial charge in [0.15, 0.2) is 2.33 Å². The molecule has 130 valence electrons. The fourth-order valence-electron chi connectivity index (χ4n) is 2.67. The number of carbonyl (C=O) groups is 2. The Kier molecular flexibility index (Phi) is 6.26. The first-order valence-corrected chi connectivity index (χ1v) is 9.76. The number of alkyl halides is 2. The highest BCUT2D eigenvalue weighted by Crippen LogP contribution is 2.46. The normalized spacial score (nSPS) is 24.4. The zero-order chi connectivity index (χ0) is 18.2. The third-order valence-electron chi connectivity index (χ3n) is 3.97. The van der Waals surface area contributed by atoms with Crippen molar-refractivity contribution in [2.24, 2.45) is 0 Å². The van der Waals surface area contributed by atoms with E-state index in [1.807, 2.05) is 41.3 Å². The molecule has 0 amide bonds. The first-order chi connectivity index (χ1) is 11.2. The van der Waals surface area contributed by atoms with Gasteiger partial charge in [-0.3, -0.25) is 4.79 Å². The van der Waals surface area contributed by atoms with Gasteiger partial charge in [-0.1, -0.05) is 67.8 Å². The molecule has 1 aliphatic rings. The molecule has 0 aliphatic carbocycles. The number of methoxy groups -OCH3 is 1. The number of benzene rings is 1. The van der Waals surface area contributed by atoms with Gasteiger partial charge in [0, 0.05) is 12.1 Å². The summed E-state index contributed by atoms with van der Waals surface area (Å²) in [6.45, 7) is 4.48. The van der Waals surface area contributed by atoms with Gasteiger partial charge in [-0.05, 0) is 26.0 Å². The molecule has 0 aromatic heterocycles. The number of esters is 1. The summed E-state index contributed by atoms with van der Waals surface area (Å²) in [6, 6.07) is 4.85. The van der Waals surface area contributed by atoms with E-state index in [2.05, 4.69) is 15.9 Å². The molecule has 2 unspecified atom stereocenters. The summed E-state index contributed by atoms with van der Waals surface area (Å²) in [5.74, 6) is -1.000. The van der Waals surface area contributed by atoms with E-state index < -0.39 is 8.30 Å². The van der Waals surface area contributed by atoms with Crippen molar-refractivity contribution in [1.29, 1.82) is 0 Å². The van der Waals surface area contributed by atoms with Crippen LogP contribution in [0.15, 0.2) is 23.8 Å². The maximum absolute atomic E-state index is 13.0. The maximum atomic E-state index is 13.0. The summed E-state index contributed by atoms with van der Waals surface area (Å²) in [5.41, 5.74) is 1.15. The Hall–Kier alpha value is -0.310. The third kappa shape index (κ3) is 3.34. The Labute approximate surface area is 172 Å². The van der Waals surface area contributed by atoms with E-state index in [9.17, 15) is 9.59 Å². The molecular formula is C16H15BrCl2INO3. The molecule has 0 bridgehead atoms. The van der Waals surface area contributed by atoms with Crippen LogP contribution in [0.25, 0.3) is 5.70 Å². The van der Waals surface area contributed by atoms with E-state index >= 15 is 0 Å². The molecule has 2 atom stereocenters. The van der Waals surface area contributed by atoms with Gasteiger partial charge >= 0.3 is 5.97 Å². The number of halogens is 4. The van der Waals surface area contributed by atoms with Crippen molar-refractivity contribution in [3.63, 3.8) is 0 Å². The first-order valence-electron chi connectivity index (χ1n) is 7.14. The smallest absolute Gasteiger partial charge is 0.343 e. The van der Waals surface area contributed by atoms with Gasteiger partial charge in [0.2, 0.25) is 5.78 Å². The monoisotopic (exact) mass is 545 g/mol. The van der Waals surface area contributed by atoms with Crippen molar-refractivity contribution in [1.82, 2.24) is 4.90 Å². The highest BCUT2D eigenvalue weighted by Gasteiger charge is 2.50. The van der Waals surface area contributed by atoms with Gasteiger partial charge in [0.1, 0.15) is 5.57 Å². The Bertz CT molecular complexity index is 736. The number of rotatable bonds is 3. The summed E-state index contributed by atoms with van der Waals surface area (Å²) in [4.78, 5) is 27.3. The Balaban J connectivity index is 2.81. The Morgan fingerprint density at radius 2 is 2.04 bits per heavy atom. The average Bonchev–Trinajstić information content (AvgIpc) is 2.55. The number of hydrogen-bond acceptors (Lipinski definition) is 4. The highest BCUT2D eigenvalue weighted by atomic mass is 127. The van der Waals surface area contributed by atoms with Crippen molar-refractivity contribution >= 4 is 79.2 Å². The van der Waals surface area contributed by atoms with Crippen LogP contribution in [0, 0.1) is 0 Å². The zero-order valence-electron chi connectivity index (χ0n) is 13.2. The predicted molar refractivity (Wildman–Crippen MR) is 108 cm³/mol. The van der Waals surface area contributed by atoms with Gasteiger partial charge in [-0.25, -0.2) is 4.79 Å². The number of carbonyl (C=O) groups excluding carboxylic acids is 2. The second-order valence-electron chi connectivity index (χ2n) is 5.26. The van der Waals surface area contributed by atoms with Crippen LogP contribution in [0.3, 0.4) is 0 Å². The number of ketones is 1. The number of nitrogens with zero attached hydrogens (tertiary/aromatic N) is 1. The quantitative estimate of drug-likeness (QED) is 0.239. The van der Waals surface area contributed by atoms with Gasteiger partial charge < -0.3 is 9.64 Å². The number of Topliss-reactive ketones (excluding diaryl/α,β-unsaturated/α-hetero) is 1.